The van der Waals surface area contributed by atoms with Gasteiger partial charge in [-0.1, -0.05) is 83.6 Å². The van der Waals surface area contributed by atoms with E-state index in [9.17, 15) is 4.79 Å². The van der Waals surface area contributed by atoms with Crippen molar-refractivity contribution in [3.8, 4) is 0 Å². The number of rotatable bonds is 15. The summed E-state index contributed by atoms with van der Waals surface area (Å²) < 4.78 is 0. The van der Waals surface area contributed by atoms with Crippen molar-refractivity contribution in [2.24, 2.45) is 0 Å². The first-order chi connectivity index (χ1) is 10.2. The lowest BCUT2D eigenvalue weighted by atomic mass is 9.99. The lowest BCUT2D eigenvalue weighted by Gasteiger charge is -2.07. The van der Waals surface area contributed by atoms with Crippen molar-refractivity contribution in [3.63, 3.8) is 0 Å². The molecule has 2 heteroatoms. The Morgan fingerprint density at radius 3 is 1.52 bits per heavy atom. The van der Waals surface area contributed by atoms with Crippen molar-refractivity contribution >= 4 is 16.8 Å². The second-order valence-corrected chi connectivity index (χ2v) is 6.51. The second kappa shape index (κ2) is 16.1. The SMILES string of the molecule is CCCCCCCCCC/C(=C/C(=O)Cl)CCCCCC. The van der Waals surface area contributed by atoms with E-state index in [0.717, 1.165) is 12.8 Å². The molecule has 0 aliphatic rings. The van der Waals surface area contributed by atoms with Gasteiger partial charge in [-0.05, 0) is 43.4 Å². The van der Waals surface area contributed by atoms with Crippen molar-refractivity contribution in [1.82, 2.24) is 0 Å². The molecule has 0 aliphatic carbocycles. The van der Waals surface area contributed by atoms with E-state index in [0.29, 0.717) is 0 Å². The molecule has 0 spiro atoms. The predicted molar refractivity (Wildman–Crippen MR) is 94.9 cm³/mol. The van der Waals surface area contributed by atoms with Gasteiger partial charge < -0.3 is 0 Å². The Kier molecular flexibility index (Phi) is 15.8. The van der Waals surface area contributed by atoms with Crippen molar-refractivity contribution in [2.45, 2.75) is 104 Å². The van der Waals surface area contributed by atoms with Crippen LogP contribution >= 0.6 is 11.6 Å². The number of allylic oxidation sites excluding steroid dienone is 2. The molecule has 0 aromatic carbocycles. The normalized spacial score (nSPS) is 11.9. The zero-order valence-electron chi connectivity index (χ0n) is 14.3. The van der Waals surface area contributed by atoms with Crippen LogP contribution in [0.4, 0.5) is 0 Å². The summed E-state index contributed by atoms with van der Waals surface area (Å²) in [6.07, 6.45) is 19.4. The van der Waals surface area contributed by atoms with E-state index in [1.54, 1.807) is 6.08 Å². The molecule has 0 amide bonds. The van der Waals surface area contributed by atoms with Gasteiger partial charge in [0.25, 0.3) is 0 Å². The topological polar surface area (TPSA) is 17.1 Å². The van der Waals surface area contributed by atoms with Gasteiger partial charge in [-0.2, -0.15) is 0 Å². The minimum Gasteiger partial charge on any atom is -0.276 e. The molecule has 0 saturated heterocycles. The summed E-state index contributed by atoms with van der Waals surface area (Å²) in [5.74, 6) is 0. The minimum absolute atomic E-state index is 0.306. The average Bonchev–Trinajstić information content (AvgIpc) is 2.45. The zero-order valence-corrected chi connectivity index (χ0v) is 15.0. The number of unbranched alkanes of at least 4 members (excludes halogenated alkanes) is 10. The van der Waals surface area contributed by atoms with Crippen molar-refractivity contribution in [2.75, 3.05) is 0 Å². The Morgan fingerprint density at radius 1 is 0.714 bits per heavy atom. The molecule has 0 aromatic rings. The van der Waals surface area contributed by atoms with Crippen LogP contribution in [0, 0.1) is 0 Å². The number of carbonyl (C=O) groups excluding carboxylic acids is 1. The van der Waals surface area contributed by atoms with Gasteiger partial charge in [-0.3, -0.25) is 4.79 Å². The van der Waals surface area contributed by atoms with Crippen LogP contribution in [0.2, 0.25) is 0 Å². The van der Waals surface area contributed by atoms with Crippen LogP contribution in [-0.4, -0.2) is 5.24 Å². The number of hydrogen-bond acceptors (Lipinski definition) is 1. The molecular weight excluding hydrogens is 280 g/mol. The van der Waals surface area contributed by atoms with Crippen LogP contribution in [-0.2, 0) is 4.79 Å². The molecule has 0 radical (unpaired) electrons. The fourth-order valence-electron chi connectivity index (χ4n) is 2.69. The molecule has 0 saturated carbocycles. The van der Waals surface area contributed by atoms with Crippen LogP contribution in [0.1, 0.15) is 104 Å². The largest absolute Gasteiger partial charge is 0.276 e. The van der Waals surface area contributed by atoms with Crippen molar-refractivity contribution in [1.29, 1.82) is 0 Å². The van der Waals surface area contributed by atoms with E-state index in [-0.39, 0.29) is 5.24 Å². The first-order valence-electron chi connectivity index (χ1n) is 9.09. The maximum Gasteiger partial charge on any atom is 0.245 e. The first-order valence-corrected chi connectivity index (χ1v) is 9.47. The molecule has 0 atom stereocenters. The fourth-order valence-corrected chi connectivity index (χ4v) is 2.85. The minimum atomic E-state index is -0.306. The summed E-state index contributed by atoms with van der Waals surface area (Å²) in [6.45, 7) is 4.48. The molecule has 21 heavy (non-hydrogen) atoms. The highest BCUT2D eigenvalue weighted by Crippen LogP contribution is 2.18. The Hall–Kier alpha value is -0.300. The molecule has 0 aromatic heterocycles. The van der Waals surface area contributed by atoms with Crippen molar-refractivity contribution < 1.29 is 4.79 Å². The summed E-state index contributed by atoms with van der Waals surface area (Å²) in [6, 6.07) is 0. The maximum absolute atomic E-state index is 11.1. The molecule has 0 bridgehead atoms. The van der Waals surface area contributed by atoms with E-state index < -0.39 is 0 Å². The molecule has 0 heterocycles. The van der Waals surface area contributed by atoms with Crippen molar-refractivity contribution in [3.05, 3.63) is 11.6 Å². The third kappa shape index (κ3) is 15.9. The lowest BCUT2D eigenvalue weighted by Crippen LogP contribution is -1.91. The van der Waals surface area contributed by atoms with E-state index >= 15 is 0 Å². The standard InChI is InChI=1S/C19H35ClO/c1-3-5-7-9-10-11-12-14-16-18(17-19(20)21)15-13-8-6-4-2/h17H,3-16H2,1-2H3/b18-17+. The molecule has 0 fully saturated rings. The summed E-state index contributed by atoms with van der Waals surface area (Å²) in [5.41, 5.74) is 1.26. The van der Waals surface area contributed by atoms with E-state index in [1.807, 2.05) is 0 Å². The molecule has 0 N–H and O–H groups in total. The van der Waals surface area contributed by atoms with Crippen LogP contribution in [0.15, 0.2) is 11.6 Å². The third-order valence-electron chi connectivity index (χ3n) is 4.02. The fraction of sp³-hybridized carbons (Fsp3) is 0.842. The summed E-state index contributed by atoms with van der Waals surface area (Å²) >= 11 is 5.51. The molecule has 0 rings (SSSR count). The molecule has 1 nitrogen and oxygen atoms in total. The van der Waals surface area contributed by atoms with Gasteiger partial charge in [0.05, 0.1) is 0 Å². The van der Waals surface area contributed by atoms with Gasteiger partial charge >= 0.3 is 0 Å². The van der Waals surface area contributed by atoms with Crippen LogP contribution < -0.4 is 0 Å². The predicted octanol–water partition coefficient (Wildman–Crippen LogP) is 7.18. The zero-order chi connectivity index (χ0) is 15.8. The Labute approximate surface area is 137 Å². The second-order valence-electron chi connectivity index (χ2n) is 6.14. The van der Waals surface area contributed by atoms with Gasteiger partial charge in [0, 0.05) is 0 Å². The summed E-state index contributed by atoms with van der Waals surface area (Å²) in [7, 11) is 0. The Morgan fingerprint density at radius 2 is 1.10 bits per heavy atom. The highest BCUT2D eigenvalue weighted by atomic mass is 35.5. The molecule has 0 unspecified atom stereocenters. The monoisotopic (exact) mass is 314 g/mol. The summed E-state index contributed by atoms with van der Waals surface area (Å²) in [4.78, 5) is 11.1. The molecule has 124 valence electrons. The average molecular weight is 315 g/mol. The first kappa shape index (κ1) is 20.7. The van der Waals surface area contributed by atoms with Crippen LogP contribution in [0.25, 0.3) is 0 Å². The molecular formula is C19H35ClO. The highest BCUT2D eigenvalue weighted by molar-refractivity contribution is 6.66. The van der Waals surface area contributed by atoms with Gasteiger partial charge in [-0.25, -0.2) is 0 Å². The quantitative estimate of drug-likeness (QED) is 0.178. The van der Waals surface area contributed by atoms with Crippen LogP contribution in [0.5, 0.6) is 0 Å². The van der Waals surface area contributed by atoms with Gasteiger partial charge in [-0.15, -0.1) is 0 Å². The van der Waals surface area contributed by atoms with Gasteiger partial charge in [0.15, 0.2) is 0 Å². The van der Waals surface area contributed by atoms with E-state index in [4.69, 9.17) is 11.6 Å². The Bertz CT molecular complexity index is 271. The van der Waals surface area contributed by atoms with Gasteiger partial charge in [0.1, 0.15) is 0 Å². The number of carbonyl (C=O) groups is 1. The maximum atomic E-state index is 11.1. The number of halogens is 1. The van der Waals surface area contributed by atoms with Crippen LogP contribution in [0.3, 0.4) is 0 Å². The smallest absolute Gasteiger partial charge is 0.245 e. The summed E-state index contributed by atoms with van der Waals surface area (Å²) in [5, 5.41) is -0.306. The Balaban J connectivity index is 3.69. The highest BCUT2D eigenvalue weighted by Gasteiger charge is 2.01. The third-order valence-corrected chi connectivity index (χ3v) is 4.13. The lowest BCUT2D eigenvalue weighted by molar-refractivity contribution is -0.107. The molecule has 0 aliphatic heterocycles. The van der Waals surface area contributed by atoms with E-state index in [1.165, 1.54) is 82.6 Å². The number of hydrogen-bond donors (Lipinski definition) is 0. The van der Waals surface area contributed by atoms with Gasteiger partial charge in [0.2, 0.25) is 5.24 Å². The van der Waals surface area contributed by atoms with E-state index in [2.05, 4.69) is 13.8 Å².